The van der Waals surface area contributed by atoms with Crippen LogP contribution in [0.1, 0.15) is 335 Å². The van der Waals surface area contributed by atoms with Crippen LogP contribution < -0.4 is 5.32 Å². The van der Waals surface area contributed by atoms with Crippen LogP contribution in [0.25, 0.3) is 0 Å². The molecule has 8 atom stereocenters. The Bertz CT molecular complexity index is 1860. The van der Waals surface area contributed by atoms with E-state index >= 15 is 0 Å². The summed E-state index contributed by atoms with van der Waals surface area (Å²) in [6, 6.07) is -1.03. The molecule has 1 rings (SSSR count). The third-order valence-electron chi connectivity index (χ3n) is 17.5. The molecule has 0 aromatic rings. The van der Waals surface area contributed by atoms with Crippen LogP contribution in [0.4, 0.5) is 0 Å². The van der Waals surface area contributed by atoms with E-state index in [9.17, 15) is 35.1 Å². The van der Waals surface area contributed by atoms with E-state index in [0.29, 0.717) is 12.8 Å². The average molecular weight is 1280 g/mol. The lowest BCUT2D eigenvalue weighted by Gasteiger charge is -2.41. The highest BCUT2D eigenvalue weighted by atomic mass is 16.7. The first kappa shape index (κ1) is 85.6. The van der Waals surface area contributed by atoms with Crippen LogP contribution >= 0.6 is 0 Å². The molecule has 0 aromatic carbocycles. The Labute approximate surface area is 558 Å². The number of aliphatic hydroxyl groups is 5. The summed E-state index contributed by atoms with van der Waals surface area (Å²) in [5.41, 5.74) is 0. The zero-order chi connectivity index (χ0) is 66.0. The van der Waals surface area contributed by atoms with Gasteiger partial charge >= 0.3 is 5.97 Å². The molecule has 1 saturated heterocycles. The fourth-order valence-electron chi connectivity index (χ4n) is 11.5. The van der Waals surface area contributed by atoms with E-state index in [4.69, 9.17) is 14.2 Å². The number of nitrogens with one attached hydrogen (secondary N) is 1. The van der Waals surface area contributed by atoms with Crippen LogP contribution in [0.3, 0.4) is 0 Å². The molecule has 91 heavy (non-hydrogen) atoms. The number of hydrogen-bond acceptors (Lipinski definition) is 10. The van der Waals surface area contributed by atoms with Crippen molar-refractivity contribution in [1.29, 1.82) is 0 Å². The van der Waals surface area contributed by atoms with E-state index in [1.807, 2.05) is 6.08 Å². The Hall–Kier alpha value is -3.42. The number of unbranched alkanes of at least 4 members (excludes halogenated alkanes) is 37. The van der Waals surface area contributed by atoms with Gasteiger partial charge in [-0.25, -0.2) is 0 Å². The Morgan fingerprint density at radius 2 is 0.791 bits per heavy atom. The normalized spacial score (nSPS) is 18.5. The quantitative estimate of drug-likeness (QED) is 0.0195. The molecule has 526 valence electrons. The number of ether oxygens (including phenoxy) is 3. The van der Waals surface area contributed by atoms with Crippen molar-refractivity contribution in [1.82, 2.24) is 5.32 Å². The number of amides is 1. The second-order valence-corrected chi connectivity index (χ2v) is 26.0. The van der Waals surface area contributed by atoms with Gasteiger partial charge in [0, 0.05) is 6.42 Å². The summed E-state index contributed by atoms with van der Waals surface area (Å²) in [5, 5.41) is 57.4. The van der Waals surface area contributed by atoms with Crippen LogP contribution in [0.2, 0.25) is 0 Å². The van der Waals surface area contributed by atoms with Gasteiger partial charge in [0.15, 0.2) is 12.4 Å². The molecule has 1 heterocycles. The second-order valence-electron chi connectivity index (χ2n) is 26.0. The summed E-state index contributed by atoms with van der Waals surface area (Å²) < 4.78 is 17.7. The number of carbonyl (C=O) groups excluding carboxylic acids is 2. The lowest BCUT2D eigenvalue weighted by molar-refractivity contribution is -0.305. The number of allylic oxidation sites excluding steroid dienone is 15. The highest BCUT2D eigenvalue weighted by molar-refractivity contribution is 5.80. The van der Waals surface area contributed by atoms with Gasteiger partial charge in [0.1, 0.15) is 24.4 Å². The van der Waals surface area contributed by atoms with Gasteiger partial charge < -0.3 is 45.1 Å². The van der Waals surface area contributed by atoms with Crippen LogP contribution in [-0.4, -0.2) is 99.6 Å². The Kier molecular flexibility index (Phi) is 62.6. The van der Waals surface area contributed by atoms with Gasteiger partial charge in [-0.05, 0) is 103 Å². The molecule has 1 fully saturated rings. The summed E-state index contributed by atoms with van der Waals surface area (Å²) in [5.74, 6) is -1.19. The molecule has 11 heteroatoms. The van der Waals surface area contributed by atoms with Crippen molar-refractivity contribution in [2.75, 3.05) is 13.2 Å². The SMILES string of the molecule is CC/C=C\C/C=C\C/C=C\C/C=C\C/C=C\CCCCCCCCCCCCC(O)C(=O)NC(COC1OC(CO)C(O)C(O)C1OC(=O)CCCCCCCCCCCCCCC/C=C\C/C=C\CCCCC)C(O)/C=C/CCCCCCCCCCCCC. The van der Waals surface area contributed by atoms with Crippen LogP contribution in [0.15, 0.2) is 97.2 Å². The molecule has 0 aliphatic carbocycles. The highest BCUT2D eigenvalue weighted by Gasteiger charge is 2.47. The van der Waals surface area contributed by atoms with Crippen LogP contribution in [0.5, 0.6) is 0 Å². The third-order valence-corrected chi connectivity index (χ3v) is 17.5. The molecule has 0 saturated carbocycles. The molecule has 11 nitrogen and oxygen atoms in total. The molecule has 8 unspecified atom stereocenters. The first-order valence-electron chi connectivity index (χ1n) is 38.0. The molecule has 0 aromatic heterocycles. The minimum atomic E-state index is -1.62. The van der Waals surface area contributed by atoms with Gasteiger partial charge in [0.05, 0.1) is 25.4 Å². The summed E-state index contributed by atoms with van der Waals surface area (Å²) in [6.45, 7) is 5.69. The number of rotatable bonds is 65. The van der Waals surface area contributed by atoms with Crippen molar-refractivity contribution in [2.45, 2.75) is 384 Å². The van der Waals surface area contributed by atoms with E-state index < -0.39 is 67.4 Å². The maximum atomic E-state index is 13.5. The third kappa shape index (κ3) is 53.5. The molecule has 1 amide bonds. The molecule has 1 aliphatic heterocycles. The van der Waals surface area contributed by atoms with E-state index in [2.05, 4.69) is 111 Å². The molecule has 1 aliphatic rings. The monoisotopic (exact) mass is 1280 g/mol. The Morgan fingerprint density at radius 1 is 0.440 bits per heavy atom. The van der Waals surface area contributed by atoms with Crippen molar-refractivity contribution < 1.29 is 49.3 Å². The first-order chi connectivity index (χ1) is 44.7. The lowest BCUT2D eigenvalue weighted by Crippen LogP contribution is -2.61. The molecule has 0 spiro atoms. The predicted molar refractivity (Wildman–Crippen MR) is 384 cm³/mol. The second kappa shape index (κ2) is 66.6. The molecular formula is C80H141NO10. The lowest BCUT2D eigenvalue weighted by atomic mass is 9.99. The Morgan fingerprint density at radius 3 is 1.21 bits per heavy atom. The summed E-state index contributed by atoms with van der Waals surface area (Å²) in [7, 11) is 0. The van der Waals surface area contributed by atoms with Crippen LogP contribution in [0, 0.1) is 0 Å². The molecule has 6 N–H and O–H groups in total. The number of carbonyl (C=O) groups is 2. The van der Waals surface area contributed by atoms with Crippen molar-refractivity contribution in [2.24, 2.45) is 0 Å². The van der Waals surface area contributed by atoms with E-state index in [0.717, 1.165) is 103 Å². The van der Waals surface area contributed by atoms with E-state index in [1.54, 1.807) is 6.08 Å². The standard InChI is InChI=1S/C80H141NO10/c1-4-7-10-13-16-19-22-25-27-29-31-33-35-36-37-39-40-42-44-46-49-52-55-58-61-64-67-73(84)79(88)81-71(72(83)66-63-60-57-54-51-48-24-21-18-15-12-9-6-3)70-89-80-78(77(87)76(86)74(69-82)90-80)91-75(85)68-65-62-59-56-53-50-47-45-43-41-38-34-32-30-28-26-23-20-17-14-11-8-5-2/h7,10,16-17,19-20,25-28,31,33,36-37,63,66,71-74,76-78,80,82-84,86-87H,4-6,8-9,11-15,18,21-24,29-30,32,34-35,38-62,64-65,67-70H2,1-3H3,(H,81,88)/b10-7-,19-16-,20-17-,27-25-,28-26-,33-31-,37-36-,66-63+. The maximum Gasteiger partial charge on any atom is 0.306 e. The van der Waals surface area contributed by atoms with E-state index in [1.165, 1.54) is 186 Å². The zero-order valence-corrected chi connectivity index (χ0v) is 58.7. The smallest absolute Gasteiger partial charge is 0.306 e. The zero-order valence-electron chi connectivity index (χ0n) is 58.7. The topological polar surface area (TPSA) is 175 Å². The molecule has 0 radical (unpaired) electrons. The largest absolute Gasteiger partial charge is 0.454 e. The fourth-order valence-corrected chi connectivity index (χ4v) is 11.5. The number of hydrogen-bond donors (Lipinski definition) is 6. The van der Waals surface area contributed by atoms with Crippen molar-refractivity contribution in [3.05, 3.63) is 97.2 Å². The highest BCUT2D eigenvalue weighted by Crippen LogP contribution is 2.26. The molecule has 0 bridgehead atoms. The van der Waals surface area contributed by atoms with Gasteiger partial charge in [-0.1, -0.05) is 323 Å². The van der Waals surface area contributed by atoms with Crippen LogP contribution in [-0.2, 0) is 23.8 Å². The van der Waals surface area contributed by atoms with Crippen molar-refractivity contribution >= 4 is 11.9 Å². The summed E-state index contributed by atoms with van der Waals surface area (Å²) in [6.07, 6.45) is 80.1. The predicted octanol–water partition coefficient (Wildman–Crippen LogP) is 20.2. The fraction of sp³-hybridized carbons (Fsp3) is 0.775. The summed E-state index contributed by atoms with van der Waals surface area (Å²) >= 11 is 0. The average Bonchev–Trinajstić information content (AvgIpc) is 0.969. The van der Waals surface area contributed by atoms with Crippen molar-refractivity contribution in [3.8, 4) is 0 Å². The Balaban J connectivity index is 2.55. The number of aliphatic hydroxyl groups excluding tert-OH is 5. The van der Waals surface area contributed by atoms with Gasteiger partial charge in [-0.3, -0.25) is 9.59 Å². The first-order valence-corrected chi connectivity index (χ1v) is 38.0. The van der Waals surface area contributed by atoms with Gasteiger partial charge in [0.25, 0.3) is 0 Å². The molecular weight excluding hydrogens is 1130 g/mol. The van der Waals surface area contributed by atoms with Gasteiger partial charge in [-0.15, -0.1) is 0 Å². The van der Waals surface area contributed by atoms with Crippen molar-refractivity contribution in [3.63, 3.8) is 0 Å². The number of esters is 1. The minimum absolute atomic E-state index is 0.120. The minimum Gasteiger partial charge on any atom is -0.454 e. The van der Waals surface area contributed by atoms with E-state index in [-0.39, 0.29) is 19.4 Å². The van der Waals surface area contributed by atoms with Gasteiger partial charge in [-0.2, -0.15) is 0 Å². The summed E-state index contributed by atoms with van der Waals surface area (Å²) in [4.78, 5) is 26.8. The maximum absolute atomic E-state index is 13.5. The van der Waals surface area contributed by atoms with Gasteiger partial charge in [0.2, 0.25) is 5.91 Å².